The Morgan fingerprint density at radius 3 is 3.11 bits per heavy atom. The van der Waals surface area contributed by atoms with Crippen LogP contribution in [-0.4, -0.2) is 29.6 Å². The molecule has 1 atom stereocenters. The van der Waals surface area contributed by atoms with Gasteiger partial charge in [0.1, 0.15) is 6.07 Å². The van der Waals surface area contributed by atoms with E-state index in [2.05, 4.69) is 10.3 Å². The summed E-state index contributed by atoms with van der Waals surface area (Å²) < 4.78 is 5.44. The van der Waals surface area contributed by atoms with Crippen LogP contribution in [0, 0.1) is 27.4 Å². The predicted molar refractivity (Wildman–Crippen MR) is 62.1 cm³/mol. The number of pyridine rings is 1. The van der Waals surface area contributed by atoms with Crippen LogP contribution in [0.1, 0.15) is 12.1 Å². The largest absolute Gasteiger partial charge is 0.477 e. The molecule has 0 spiro atoms. The minimum Gasteiger partial charge on any atom is -0.477 e. The topological polar surface area (TPSA) is 101 Å². The van der Waals surface area contributed by atoms with Crippen LogP contribution >= 0.6 is 0 Å². The highest BCUT2D eigenvalue weighted by atomic mass is 16.6. The number of hydrogen-bond donors (Lipinski definition) is 1. The van der Waals surface area contributed by atoms with Crippen LogP contribution in [-0.2, 0) is 0 Å². The van der Waals surface area contributed by atoms with Gasteiger partial charge in [-0.2, -0.15) is 10.2 Å². The van der Waals surface area contributed by atoms with Crippen molar-refractivity contribution in [2.24, 2.45) is 5.92 Å². The predicted octanol–water partition coefficient (Wildman–Crippen LogP) is 0.850. The molecule has 7 nitrogen and oxygen atoms in total. The van der Waals surface area contributed by atoms with Crippen molar-refractivity contribution < 1.29 is 9.66 Å². The second-order valence-electron chi connectivity index (χ2n) is 4.06. The normalized spacial score (nSPS) is 18.3. The molecule has 1 N–H and O–H groups in total. The summed E-state index contributed by atoms with van der Waals surface area (Å²) in [5, 5.41) is 22.6. The van der Waals surface area contributed by atoms with Crippen molar-refractivity contribution in [3.05, 3.63) is 27.9 Å². The lowest BCUT2D eigenvalue weighted by Crippen LogP contribution is -2.16. The van der Waals surface area contributed by atoms with E-state index in [1.165, 1.54) is 12.1 Å². The molecule has 1 unspecified atom stereocenters. The lowest BCUT2D eigenvalue weighted by Gasteiger charge is -2.09. The second-order valence-corrected chi connectivity index (χ2v) is 4.06. The fraction of sp³-hybridized carbons (Fsp3) is 0.455. The van der Waals surface area contributed by atoms with Gasteiger partial charge in [-0.1, -0.05) is 0 Å². The summed E-state index contributed by atoms with van der Waals surface area (Å²) >= 11 is 0. The molecule has 7 heteroatoms. The number of nitrogens with one attached hydrogen (secondary N) is 1. The molecular formula is C11H12N4O3. The summed E-state index contributed by atoms with van der Waals surface area (Å²) in [6.07, 6.45) is 1.04. The molecule has 1 fully saturated rings. The number of nitriles is 1. The first-order chi connectivity index (χ1) is 8.70. The van der Waals surface area contributed by atoms with Crippen LogP contribution in [0.5, 0.6) is 5.88 Å². The van der Waals surface area contributed by atoms with Gasteiger partial charge in [-0.3, -0.25) is 10.1 Å². The van der Waals surface area contributed by atoms with E-state index in [1.54, 1.807) is 6.07 Å². The summed E-state index contributed by atoms with van der Waals surface area (Å²) in [5.74, 6) is 0.677. The first-order valence-electron chi connectivity index (χ1n) is 5.59. The molecule has 0 radical (unpaired) electrons. The van der Waals surface area contributed by atoms with Gasteiger partial charge in [0, 0.05) is 24.6 Å². The molecule has 1 aromatic heterocycles. The highest BCUT2D eigenvalue weighted by Crippen LogP contribution is 2.20. The maximum absolute atomic E-state index is 10.6. The minimum atomic E-state index is -0.629. The Balaban J connectivity index is 2.05. The average Bonchev–Trinajstić information content (AvgIpc) is 2.88. The summed E-state index contributed by atoms with van der Waals surface area (Å²) in [6, 6.07) is 4.36. The lowest BCUT2D eigenvalue weighted by molar-refractivity contribution is -0.385. The molecule has 1 saturated heterocycles. The third-order valence-electron chi connectivity index (χ3n) is 2.78. The van der Waals surface area contributed by atoms with Gasteiger partial charge in [-0.05, 0) is 13.0 Å². The van der Waals surface area contributed by atoms with Gasteiger partial charge >= 0.3 is 5.69 Å². The van der Waals surface area contributed by atoms with Crippen molar-refractivity contribution in [2.75, 3.05) is 19.7 Å². The van der Waals surface area contributed by atoms with Crippen molar-refractivity contribution in [2.45, 2.75) is 6.42 Å². The summed E-state index contributed by atoms with van der Waals surface area (Å²) in [5.41, 5.74) is -0.519. The zero-order valence-electron chi connectivity index (χ0n) is 9.63. The molecule has 1 aliphatic rings. The average molecular weight is 248 g/mol. The summed E-state index contributed by atoms with van der Waals surface area (Å²) in [6.45, 7) is 2.38. The quantitative estimate of drug-likeness (QED) is 0.626. The van der Waals surface area contributed by atoms with E-state index in [9.17, 15) is 10.1 Å². The number of rotatable bonds is 4. The Morgan fingerprint density at radius 2 is 2.50 bits per heavy atom. The maximum Gasteiger partial charge on any atom is 0.305 e. The van der Waals surface area contributed by atoms with E-state index in [-0.39, 0.29) is 17.3 Å². The number of nitro groups is 1. The molecule has 0 saturated carbocycles. The Labute approximate surface area is 104 Å². The third kappa shape index (κ3) is 2.73. The zero-order valence-corrected chi connectivity index (χ0v) is 9.63. The molecule has 2 heterocycles. The molecule has 2 rings (SSSR count). The minimum absolute atomic E-state index is 0.220. The lowest BCUT2D eigenvalue weighted by atomic mass is 10.1. The molecule has 1 aliphatic heterocycles. The summed E-state index contributed by atoms with van der Waals surface area (Å²) in [7, 11) is 0. The Kier molecular flexibility index (Phi) is 3.69. The van der Waals surface area contributed by atoms with Gasteiger partial charge in [0.15, 0.2) is 0 Å². The zero-order chi connectivity index (χ0) is 13.0. The van der Waals surface area contributed by atoms with Gasteiger partial charge < -0.3 is 10.1 Å². The molecule has 0 amide bonds. The van der Waals surface area contributed by atoms with Gasteiger partial charge in [0.25, 0.3) is 0 Å². The molecule has 0 aliphatic carbocycles. The van der Waals surface area contributed by atoms with Crippen molar-refractivity contribution >= 4 is 5.69 Å². The van der Waals surface area contributed by atoms with Gasteiger partial charge in [-0.15, -0.1) is 0 Å². The summed E-state index contributed by atoms with van der Waals surface area (Å²) in [4.78, 5) is 13.8. The molecule has 94 valence electrons. The smallest absolute Gasteiger partial charge is 0.305 e. The number of ether oxygens (including phenoxy) is 1. The second kappa shape index (κ2) is 5.42. The molecule has 1 aromatic rings. The third-order valence-corrected chi connectivity index (χ3v) is 2.78. The molecular weight excluding hydrogens is 236 g/mol. The Bertz CT molecular complexity index is 492. The monoisotopic (exact) mass is 248 g/mol. The van der Waals surface area contributed by atoms with Crippen LogP contribution in [0.3, 0.4) is 0 Å². The Hall–Kier alpha value is -2.20. The fourth-order valence-electron chi connectivity index (χ4n) is 1.80. The van der Waals surface area contributed by atoms with E-state index in [1.807, 2.05) is 0 Å². The van der Waals surface area contributed by atoms with Crippen molar-refractivity contribution in [1.82, 2.24) is 10.3 Å². The van der Waals surface area contributed by atoms with E-state index in [0.29, 0.717) is 12.5 Å². The number of hydrogen-bond acceptors (Lipinski definition) is 6. The molecule has 18 heavy (non-hydrogen) atoms. The Morgan fingerprint density at radius 1 is 1.67 bits per heavy atom. The molecule has 0 bridgehead atoms. The van der Waals surface area contributed by atoms with E-state index in [0.717, 1.165) is 19.5 Å². The standard InChI is InChI=1S/C11H12N4O3/c12-5-9-10(15(16)17)1-2-11(14-9)18-7-8-3-4-13-6-8/h1-2,8,13H,3-4,6-7H2. The van der Waals surface area contributed by atoms with Crippen LogP contribution in [0.2, 0.25) is 0 Å². The fourth-order valence-corrected chi connectivity index (χ4v) is 1.80. The first-order valence-corrected chi connectivity index (χ1v) is 5.59. The highest BCUT2D eigenvalue weighted by Gasteiger charge is 2.18. The molecule has 0 aromatic carbocycles. The van der Waals surface area contributed by atoms with Crippen LogP contribution < -0.4 is 10.1 Å². The van der Waals surface area contributed by atoms with Crippen molar-refractivity contribution in [1.29, 1.82) is 5.26 Å². The van der Waals surface area contributed by atoms with Gasteiger partial charge in [-0.25, -0.2) is 0 Å². The van der Waals surface area contributed by atoms with Gasteiger partial charge in [0.05, 0.1) is 11.5 Å². The van der Waals surface area contributed by atoms with Gasteiger partial charge in [0.2, 0.25) is 11.6 Å². The first kappa shape index (κ1) is 12.3. The van der Waals surface area contributed by atoms with E-state index >= 15 is 0 Å². The van der Waals surface area contributed by atoms with E-state index in [4.69, 9.17) is 10.00 Å². The van der Waals surface area contributed by atoms with Crippen LogP contribution in [0.4, 0.5) is 5.69 Å². The number of nitrogens with zero attached hydrogens (tertiary/aromatic N) is 3. The SMILES string of the molecule is N#Cc1nc(OCC2CCNC2)ccc1[N+](=O)[O-]. The maximum atomic E-state index is 10.6. The van der Waals surface area contributed by atoms with E-state index < -0.39 is 4.92 Å². The van der Waals surface area contributed by atoms with Crippen molar-refractivity contribution in [3.8, 4) is 11.9 Å². The highest BCUT2D eigenvalue weighted by molar-refractivity contribution is 5.45. The van der Waals surface area contributed by atoms with Crippen LogP contribution in [0.25, 0.3) is 0 Å². The van der Waals surface area contributed by atoms with Crippen molar-refractivity contribution in [3.63, 3.8) is 0 Å². The number of aromatic nitrogens is 1. The van der Waals surface area contributed by atoms with Crippen LogP contribution in [0.15, 0.2) is 12.1 Å².